The summed E-state index contributed by atoms with van der Waals surface area (Å²) < 4.78 is 0. The van der Waals surface area contributed by atoms with E-state index < -0.39 is 0 Å². The normalized spacial score (nSPS) is 16.9. The summed E-state index contributed by atoms with van der Waals surface area (Å²) in [5.74, 6) is 0.111. The zero-order valence-corrected chi connectivity index (χ0v) is 18.1. The predicted molar refractivity (Wildman–Crippen MR) is 121 cm³/mol. The minimum atomic E-state index is 0.111. The van der Waals surface area contributed by atoms with Crippen LogP contribution >= 0.6 is 11.3 Å². The Morgan fingerprint density at radius 2 is 1.97 bits per heavy atom. The van der Waals surface area contributed by atoms with Crippen LogP contribution in [0.5, 0.6) is 0 Å². The summed E-state index contributed by atoms with van der Waals surface area (Å²) in [5.41, 5.74) is 5.31. The molecule has 4 nitrogen and oxygen atoms in total. The van der Waals surface area contributed by atoms with E-state index in [2.05, 4.69) is 60.3 Å². The molecule has 0 saturated carbocycles. The molecule has 1 atom stereocenters. The number of aryl methyl sites for hydroxylation is 2. The third kappa shape index (κ3) is 4.20. The molecule has 150 valence electrons. The Bertz CT molecular complexity index is 995. The van der Waals surface area contributed by atoms with Crippen LogP contribution in [0.2, 0.25) is 0 Å². The van der Waals surface area contributed by atoms with Crippen molar-refractivity contribution in [3.63, 3.8) is 0 Å². The van der Waals surface area contributed by atoms with Gasteiger partial charge in [0, 0.05) is 47.9 Å². The molecule has 3 aromatic rings. The number of hydrogen-bond donors (Lipinski definition) is 0. The van der Waals surface area contributed by atoms with Crippen LogP contribution in [-0.4, -0.2) is 41.5 Å². The third-order valence-corrected chi connectivity index (χ3v) is 6.52. The Kier molecular flexibility index (Phi) is 5.67. The smallest absolute Gasteiger partial charge is 0.253 e. The molecule has 0 bridgehead atoms. The van der Waals surface area contributed by atoms with Crippen LogP contribution < -0.4 is 4.90 Å². The van der Waals surface area contributed by atoms with E-state index in [0.717, 1.165) is 47.9 Å². The molecule has 1 aliphatic rings. The SMILES string of the molecule is CCc1nc(-c2ccc(C(=O)N3CCN(c4cccc(C)c4)C(C)C3)cc2)cs1. The summed E-state index contributed by atoms with van der Waals surface area (Å²) in [7, 11) is 0. The van der Waals surface area contributed by atoms with Crippen molar-refractivity contribution in [2.75, 3.05) is 24.5 Å². The monoisotopic (exact) mass is 405 g/mol. The first-order valence-corrected chi connectivity index (χ1v) is 11.1. The number of benzene rings is 2. The van der Waals surface area contributed by atoms with Crippen molar-refractivity contribution < 1.29 is 4.79 Å². The fourth-order valence-electron chi connectivity index (χ4n) is 3.90. The van der Waals surface area contributed by atoms with Gasteiger partial charge in [0.25, 0.3) is 5.91 Å². The average molecular weight is 406 g/mol. The van der Waals surface area contributed by atoms with Crippen LogP contribution in [0.25, 0.3) is 11.3 Å². The standard InChI is InChI=1S/C24H27N3OS/c1-4-23-25-22(16-29-23)19-8-10-20(11-9-19)24(28)26-12-13-27(18(3)15-26)21-7-5-6-17(2)14-21/h5-11,14,16,18H,4,12-13,15H2,1-3H3. The van der Waals surface area contributed by atoms with Crippen LogP contribution in [0.1, 0.15) is 34.8 Å². The van der Waals surface area contributed by atoms with E-state index in [0.29, 0.717) is 0 Å². The Labute approximate surface area is 176 Å². The van der Waals surface area contributed by atoms with Crippen molar-refractivity contribution in [2.24, 2.45) is 0 Å². The van der Waals surface area contributed by atoms with Crippen molar-refractivity contribution in [1.82, 2.24) is 9.88 Å². The maximum Gasteiger partial charge on any atom is 0.253 e. The zero-order valence-electron chi connectivity index (χ0n) is 17.3. The molecular weight excluding hydrogens is 378 g/mol. The molecule has 2 heterocycles. The topological polar surface area (TPSA) is 36.4 Å². The predicted octanol–water partition coefficient (Wildman–Crippen LogP) is 5.03. The molecule has 29 heavy (non-hydrogen) atoms. The quantitative estimate of drug-likeness (QED) is 0.611. The first kappa shape index (κ1) is 19.6. The first-order valence-electron chi connectivity index (χ1n) is 10.2. The van der Waals surface area contributed by atoms with Crippen molar-refractivity contribution in [3.8, 4) is 11.3 Å². The number of nitrogens with zero attached hydrogens (tertiary/aromatic N) is 3. The molecule has 1 saturated heterocycles. The van der Waals surface area contributed by atoms with Gasteiger partial charge in [-0.1, -0.05) is 31.2 Å². The Morgan fingerprint density at radius 1 is 1.17 bits per heavy atom. The number of amides is 1. The molecule has 0 N–H and O–H groups in total. The van der Waals surface area contributed by atoms with Gasteiger partial charge >= 0.3 is 0 Å². The number of carbonyl (C=O) groups is 1. The molecular formula is C24H27N3OS. The van der Waals surface area contributed by atoms with E-state index in [1.54, 1.807) is 11.3 Å². The van der Waals surface area contributed by atoms with Gasteiger partial charge in [-0.2, -0.15) is 0 Å². The van der Waals surface area contributed by atoms with Crippen molar-refractivity contribution in [3.05, 3.63) is 70.0 Å². The van der Waals surface area contributed by atoms with E-state index in [4.69, 9.17) is 0 Å². The fourth-order valence-corrected chi connectivity index (χ4v) is 4.66. The van der Waals surface area contributed by atoms with Crippen LogP contribution in [0.3, 0.4) is 0 Å². The maximum absolute atomic E-state index is 13.0. The van der Waals surface area contributed by atoms with Gasteiger partial charge < -0.3 is 9.80 Å². The van der Waals surface area contributed by atoms with Crippen LogP contribution in [0, 0.1) is 6.92 Å². The highest BCUT2D eigenvalue weighted by Gasteiger charge is 2.27. The molecule has 0 spiro atoms. The van der Waals surface area contributed by atoms with Gasteiger partial charge in [0.1, 0.15) is 0 Å². The molecule has 1 aliphatic heterocycles. The van der Waals surface area contributed by atoms with Gasteiger partial charge in [0.15, 0.2) is 0 Å². The second-order valence-corrected chi connectivity index (χ2v) is 8.63. The summed E-state index contributed by atoms with van der Waals surface area (Å²) in [6.45, 7) is 8.76. The molecule has 5 heteroatoms. The first-order chi connectivity index (χ1) is 14.0. The van der Waals surface area contributed by atoms with Crippen molar-refractivity contribution in [1.29, 1.82) is 0 Å². The molecule has 0 radical (unpaired) electrons. The number of anilines is 1. The molecule has 4 rings (SSSR count). The zero-order chi connectivity index (χ0) is 20.4. The number of piperazine rings is 1. The second-order valence-electron chi connectivity index (χ2n) is 7.69. The van der Waals surface area contributed by atoms with Gasteiger partial charge in [-0.05, 0) is 50.1 Å². The highest BCUT2D eigenvalue weighted by Crippen LogP contribution is 2.25. The van der Waals surface area contributed by atoms with Crippen molar-refractivity contribution >= 4 is 22.9 Å². The Balaban J connectivity index is 1.43. The summed E-state index contributed by atoms with van der Waals surface area (Å²) in [6, 6.07) is 16.8. The average Bonchev–Trinajstić information content (AvgIpc) is 3.22. The fraction of sp³-hybridized carbons (Fsp3) is 0.333. The van der Waals surface area contributed by atoms with Gasteiger partial charge in [-0.3, -0.25) is 4.79 Å². The largest absolute Gasteiger partial charge is 0.365 e. The minimum Gasteiger partial charge on any atom is -0.365 e. The summed E-state index contributed by atoms with van der Waals surface area (Å²) in [5, 5.41) is 3.22. The maximum atomic E-state index is 13.0. The molecule has 2 aromatic carbocycles. The Hall–Kier alpha value is -2.66. The lowest BCUT2D eigenvalue weighted by Crippen LogP contribution is -2.53. The lowest BCUT2D eigenvalue weighted by atomic mass is 10.1. The number of thiazole rings is 1. The van der Waals surface area contributed by atoms with Crippen LogP contribution in [0.4, 0.5) is 5.69 Å². The minimum absolute atomic E-state index is 0.111. The van der Waals surface area contributed by atoms with Gasteiger partial charge in [-0.25, -0.2) is 4.98 Å². The lowest BCUT2D eigenvalue weighted by Gasteiger charge is -2.41. The number of carbonyl (C=O) groups excluding carboxylic acids is 1. The van der Waals surface area contributed by atoms with Crippen LogP contribution in [0.15, 0.2) is 53.9 Å². The van der Waals surface area contributed by atoms with Gasteiger partial charge in [0.05, 0.1) is 10.7 Å². The van der Waals surface area contributed by atoms with E-state index in [9.17, 15) is 4.79 Å². The third-order valence-electron chi connectivity index (χ3n) is 5.53. The number of hydrogen-bond acceptors (Lipinski definition) is 4. The molecule has 1 amide bonds. The number of rotatable bonds is 4. The summed E-state index contributed by atoms with van der Waals surface area (Å²) in [4.78, 5) is 22.0. The highest BCUT2D eigenvalue weighted by molar-refractivity contribution is 7.09. The Morgan fingerprint density at radius 3 is 2.62 bits per heavy atom. The molecule has 1 aromatic heterocycles. The molecule has 0 aliphatic carbocycles. The summed E-state index contributed by atoms with van der Waals surface area (Å²) in [6.07, 6.45) is 0.952. The van der Waals surface area contributed by atoms with Gasteiger partial charge in [0.2, 0.25) is 0 Å². The second kappa shape index (κ2) is 8.37. The van der Waals surface area contributed by atoms with E-state index >= 15 is 0 Å². The molecule has 1 fully saturated rings. The van der Waals surface area contributed by atoms with E-state index in [1.807, 2.05) is 29.2 Å². The van der Waals surface area contributed by atoms with E-state index in [1.165, 1.54) is 11.3 Å². The molecule has 1 unspecified atom stereocenters. The number of aromatic nitrogens is 1. The van der Waals surface area contributed by atoms with Gasteiger partial charge in [-0.15, -0.1) is 11.3 Å². The van der Waals surface area contributed by atoms with E-state index in [-0.39, 0.29) is 11.9 Å². The van der Waals surface area contributed by atoms with Crippen molar-refractivity contribution in [2.45, 2.75) is 33.2 Å². The highest BCUT2D eigenvalue weighted by atomic mass is 32.1. The summed E-state index contributed by atoms with van der Waals surface area (Å²) >= 11 is 1.69. The van der Waals surface area contributed by atoms with Crippen LogP contribution in [-0.2, 0) is 6.42 Å². The lowest BCUT2D eigenvalue weighted by molar-refractivity contribution is 0.0726.